The van der Waals surface area contributed by atoms with Crippen LogP contribution in [-0.2, 0) is 0 Å². The average Bonchev–Trinajstić information content (AvgIpc) is 2.48. The SMILES string of the molecule is Brc1ccc[c]([Sb]([c]2cccc(Br)c2)[c]2cccc(Br)c2)c1. The summed E-state index contributed by atoms with van der Waals surface area (Å²) in [5.74, 6) is 0. The molecule has 0 aliphatic heterocycles. The zero-order valence-corrected chi connectivity index (χ0v) is 18.8. The Morgan fingerprint density at radius 1 is 0.500 bits per heavy atom. The standard InChI is InChI=1S/3C6H4Br.Sb/c3*7-6-4-2-1-3-5-6;/h3*1-2,4-5H;. The first-order valence-corrected chi connectivity index (χ1v) is 12.9. The summed E-state index contributed by atoms with van der Waals surface area (Å²) in [6.07, 6.45) is 0. The van der Waals surface area contributed by atoms with Crippen LogP contribution in [0.4, 0.5) is 0 Å². The fraction of sp³-hybridized carbons (Fsp3) is 0. The second-order valence-corrected chi connectivity index (χ2v) is 13.9. The predicted octanol–water partition coefficient (Wildman–Crippen LogP) is 4.49. The van der Waals surface area contributed by atoms with E-state index in [2.05, 4.69) is 121 Å². The summed E-state index contributed by atoms with van der Waals surface area (Å²) in [4.78, 5) is 0. The first-order chi connectivity index (χ1) is 10.6. The van der Waals surface area contributed by atoms with Crippen LogP contribution in [0.5, 0.6) is 0 Å². The first kappa shape index (κ1) is 16.8. The molecule has 0 bridgehead atoms. The van der Waals surface area contributed by atoms with Gasteiger partial charge in [-0.15, -0.1) is 0 Å². The van der Waals surface area contributed by atoms with E-state index in [0.717, 1.165) is 13.4 Å². The van der Waals surface area contributed by atoms with E-state index in [0.29, 0.717) is 0 Å². The van der Waals surface area contributed by atoms with Crippen LogP contribution in [0.15, 0.2) is 86.2 Å². The van der Waals surface area contributed by atoms with Crippen molar-refractivity contribution in [1.29, 1.82) is 0 Å². The number of benzene rings is 3. The molecular weight excluding hydrogens is 578 g/mol. The quantitative estimate of drug-likeness (QED) is 0.395. The van der Waals surface area contributed by atoms with Crippen LogP contribution < -0.4 is 10.5 Å². The number of hydrogen-bond acceptors (Lipinski definition) is 0. The summed E-state index contributed by atoms with van der Waals surface area (Å²) in [6.45, 7) is 0. The van der Waals surface area contributed by atoms with Crippen molar-refractivity contribution in [3.8, 4) is 0 Å². The van der Waals surface area contributed by atoms with Gasteiger partial charge in [-0.05, 0) is 0 Å². The van der Waals surface area contributed by atoms with Gasteiger partial charge in [0.15, 0.2) is 0 Å². The third-order valence-electron chi connectivity index (χ3n) is 3.20. The molecule has 0 aromatic heterocycles. The molecule has 0 fully saturated rings. The van der Waals surface area contributed by atoms with Gasteiger partial charge in [0.05, 0.1) is 0 Å². The zero-order valence-electron chi connectivity index (χ0n) is 11.5. The van der Waals surface area contributed by atoms with Gasteiger partial charge in [-0.1, -0.05) is 0 Å². The topological polar surface area (TPSA) is 0 Å². The molecule has 110 valence electrons. The van der Waals surface area contributed by atoms with Crippen LogP contribution in [0.1, 0.15) is 0 Å². The van der Waals surface area contributed by atoms with Gasteiger partial charge in [-0.2, -0.15) is 0 Å². The van der Waals surface area contributed by atoms with Crippen molar-refractivity contribution in [3.05, 3.63) is 86.2 Å². The van der Waals surface area contributed by atoms with Crippen LogP contribution in [-0.4, -0.2) is 20.2 Å². The van der Waals surface area contributed by atoms with E-state index in [1.807, 2.05) is 0 Å². The molecule has 3 rings (SSSR count). The van der Waals surface area contributed by atoms with E-state index in [1.165, 1.54) is 10.5 Å². The van der Waals surface area contributed by atoms with Crippen molar-refractivity contribution in [1.82, 2.24) is 0 Å². The molecule has 0 saturated heterocycles. The zero-order chi connectivity index (χ0) is 15.5. The average molecular weight is 590 g/mol. The third-order valence-corrected chi connectivity index (χ3v) is 11.5. The van der Waals surface area contributed by atoms with Gasteiger partial charge < -0.3 is 0 Å². The molecule has 0 nitrogen and oxygen atoms in total. The van der Waals surface area contributed by atoms with Gasteiger partial charge in [-0.3, -0.25) is 0 Å². The Labute approximate surface area is 163 Å². The van der Waals surface area contributed by atoms with Crippen molar-refractivity contribution in [2.24, 2.45) is 0 Å². The molecule has 0 aliphatic rings. The van der Waals surface area contributed by atoms with Crippen molar-refractivity contribution in [3.63, 3.8) is 0 Å². The Morgan fingerprint density at radius 2 is 0.818 bits per heavy atom. The molecule has 0 saturated carbocycles. The van der Waals surface area contributed by atoms with Gasteiger partial charge in [-0.25, -0.2) is 0 Å². The van der Waals surface area contributed by atoms with Crippen LogP contribution in [0, 0.1) is 0 Å². The Balaban J connectivity index is 2.18. The second kappa shape index (κ2) is 7.66. The molecule has 0 aliphatic carbocycles. The monoisotopic (exact) mass is 586 g/mol. The minimum absolute atomic E-state index is 1.14. The number of hydrogen-bond donors (Lipinski definition) is 0. The molecular formula is C18H12Br3Sb. The number of rotatable bonds is 3. The Bertz CT molecular complexity index is 693. The van der Waals surface area contributed by atoms with Gasteiger partial charge in [0.25, 0.3) is 0 Å². The van der Waals surface area contributed by atoms with Gasteiger partial charge in [0, 0.05) is 0 Å². The molecule has 4 heteroatoms. The fourth-order valence-corrected chi connectivity index (χ4v) is 11.9. The summed E-state index contributed by atoms with van der Waals surface area (Å²) in [7, 11) is 0. The van der Waals surface area contributed by atoms with Crippen molar-refractivity contribution >= 4 is 78.5 Å². The molecule has 0 radical (unpaired) electrons. The van der Waals surface area contributed by atoms with Crippen LogP contribution in [0.25, 0.3) is 0 Å². The van der Waals surface area contributed by atoms with Gasteiger partial charge in [0.1, 0.15) is 0 Å². The summed E-state index contributed by atoms with van der Waals surface area (Å²) in [5.41, 5.74) is 0. The van der Waals surface area contributed by atoms with E-state index in [9.17, 15) is 0 Å². The molecule has 0 spiro atoms. The Kier molecular flexibility index (Phi) is 5.84. The van der Waals surface area contributed by atoms with Crippen LogP contribution >= 0.6 is 47.8 Å². The maximum absolute atomic E-state index is 3.62. The van der Waals surface area contributed by atoms with Gasteiger partial charge >= 0.3 is 165 Å². The van der Waals surface area contributed by atoms with E-state index in [1.54, 1.807) is 0 Å². The van der Waals surface area contributed by atoms with E-state index >= 15 is 0 Å². The fourth-order valence-electron chi connectivity index (χ4n) is 2.29. The van der Waals surface area contributed by atoms with Crippen LogP contribution in [0.2, 0.25) is 0 Å². The Hall–Kier alpha value is -0.0818. The molecule has 3 aromatic rings. The van der Waals surface area contributed by atoms with E-state index in [4.69, 9.17) is 0 Å². The van der Waals surface area contributed by atoms with Crippen molar-refractivity contribution in [2.45, 2.75) is 0 Å². The molecule has 22 heavy (non-hydrogen) atoms. The molecule has 0 atom stereocenters. The molecule has 0 heterocycles. The number of halogens is 3. The van der Waals surface area contributed by atoms with Crippen LogP contribution in [0.3, 0.4) is 0 Å². The third kappa shape index (κ3) is 4.06. The van der Waals surface area contributed by atoms with Gasteiger partial charge in [0.2, 0.25) is 0 Å². The first-order valence-electron chi connectivity index (χ1n) is 6.70. The van der Waals surface area contributed by atoms with E-state index in [-0.39, 0.29) is 0 Å². The van der Waals surface area contributed by atoms with Crippen molar-refractivity contribution < 1.29 is 0 Å². The molecule has 3 aromatic carbocycles. The normalized spacial score (nSPS) is 10.9. The second-order valence-electron chi connectivity index (χ2n) is 4.78. The summed E-state index contributed by atoms with van der Waals surface area (Å²) in [5, 5.41) is 0. The summed E-state index contributed by atoms with van der Waals surface area (Å²) in [6, 6.07) is 26.2. The molecule has 0 N–H and O–H groups in total. The maximum atomic E-state index is 3.62. The Morgan fingerprint density at radius 3 is 1.09 bits per heavy atom. The summed E-state index contributed by atoms with van der Waals surface area (Å²) >= 11 is 8.82. The molecule has 0 amide bonds. The summed E-state index contributed by atoms with van der Waals surface area (Å²) < 4.78 is 7.79. The van der Waals surface area contributed by atoms with E-state index < -0.39 is 20.2 Å². The predicted molar refractivity (Wildman–Crippen MR) is 107 cm³/mol. The molecule has 0 unspecified atom stereocenters. The van der Waals surface area contributed by atoms with Crippen molar-refractivity contribution in [2.75, 3.05) is 0 Å². The minimum atomic E-state index is -2.02.